The van der Waals surface area contributed by atoms with E-state index >= 15 is 0 Å². The van der Waals surface area contributed by atoms with Crippen LogP contribution >= 0.6 is 0 Å². The van der Waals surface area contributed by atoms with Crippen LogP contribution in [0.4, 0.5) is 0 Å². The van der Waals surface area contributed by atoms with E-state index in [1.54, 1.807) is 0 Å². The van der Waals surface area contributed by atoms with Crippen molar-refractivity contribution < 1.29 is 0 Å². The van der Waals surface area contributed by atoms with E-state index in [0.717, 1.165) is 18.8 Å². The fraction of sp³-hybridized carbons (Fsp3) is 0.769. The Balaban J connectivity index is 2.39. The zero-order valence-corrected chi connectivity index (χ0v) is 11.5. The third-order valence-corrected chi connectivity index (χ3v) is 3.33. The van der Waals surface area contributed by atoms with E-state index < -0.39 is 0 Å². The van der Waals surface area contributed by atoms with Crippen LogP contribution in [-0.2, 0) is 13.6 Å². The third kappa shape index (κ3) is 3.63. The molecule has 0 aromatic carbocycles. The van der Waals surface area contributed by atoms with Crippen LogP contribution in [0.1, 0.15) is 39.1 Å². The SMILES string of the molecule is Cc1cc(CNCC(C)C(C)(C)C)n(C)n1. The van der Waals surface area contributed by atoms with Crippen LogP contribution in [0.2, 0.25) is 0 Å². The highest BCUT2D eigenvalue weighted by Gasteiger charge is 2.19. The third-order valence-electron chi connectivity index (χ3n) is 3.33. The van der Waals surface area contributed by atoms with Crippen LogP contribution in [-0.4, -0.2) is 16.3 Å². The molecule has 0 amide bonds. The van der Waals surface area contributed by atoms with Gasteiger partial charge in [0.2, 0.25) is 0 Å². The van der Waals surface area contributed by atoms with Crippen LogP contribution in [0.3, 0.4) is 0 Å². The van der Waals surface area contributed by atoms with Gasteiger partial charge in [0.1, 0.15) is 0 Å². The highest BCUT2D eigenvalue weighted by atomic mass is 15.3. The van der Waals surface area contributed by atoms with E-state index in [4.69, 9.17) is 0 Å². The lowest BCUT2D eigenvalue weighted by molar-refractivity contribution is 0.252. The first kappa shape index (κ1) is 13.2. The molecule has 0 fully saturated rings. The lowest BCUT2D eigenvalue weighted by Gasteiger charge is -2.27. The van der Waals surface area contributed by atoms with Gasteiger partial charge in [0, 0.05) is 13.6 Å². The molecule has 1 aromatic rings. The maximum absolute atomic E-state index is 4.33. The second kappa shape index (κ2) is 5.00. The summed E-state index contributed by atoms with van der Waals surface area (Å²) in [7, 11) is 2.00. The second-order valence-electron chi connectivity index (χ2n) is 5.80. The molecule has 1 aromatic heterocycles. The van der Waals surface area contributed by atoms with Crippen molar-refractivity contribution in [3.63, 3.8) is 0 Å². The summed E-state index contributed by atoms with van der Waals surface area (Å²) in [6.07, 6.45) is 0. The number of nitrogens with one attached hydrogen (secondary N) is 1. The van der Waals surface area contributed by atoms with Gasteiger partial charge in [-0.25, -0.2) is 0 Å². The topological polar surface area (TPSA) is 29.9 Å². The summed E-state index contributed by atoms with van der Waals surface area (Å²) in [5.74, 6) is 0.668. The van der Waals surface area contributed by atoms with Crippen LogP contribution in [0.5, 0.6) is 0 Å². The van der Waals surface area contributed by atoms with Gasteiger partial charge in [0.25, 0.3) is 0 Å². The molecule has 1 N–H and O–H groups in total. The second-order valence-corrected chi connectivity index (χ2v) is 5.80. The standard InChI is InChI=1S/C13H25N3/c1-10(13(3,4)5)8-14-9-12-7-11(2)15-16(12)6/h7,10,14H,8-9H2,1-6H3. The Morgan fingerprint density at radius 1 is 1.44 bits per heavy atom. The van der Waals surface area contributed by atoms with E-state index in [1.807, 2.05) is 18.7 Å². The van der Waals surface area contributed by atoms with Crippen molar-refractivity contribution in [2.45, 2.75) is 41.2 Å². The smallest absolute Gasteiger partial charge is 0.0597 e. The molecule has 0 saturated carbocycles. The van der Waals surface area contributed by atoms with Crippen molar-refractivity contribution in [2.24, 2.45) is 18.4 Å². The summed E-state index contributed by atoms with van der Waals surface area (Å²) >= 11 is 0. The average Bonchev–Trinajstić information content (AvgIpc) is 2.43. The molecule has 1 heterocycles. The minimum absolute atomic E-state index is 0.370. The largest absolute Gasteiger partial charge is 0.311 e. The van der Waals surface area contributed by atoms with E-state index in [-0.39, 0.29) is 0 Å². The first-order valence-electron chi connectivity index (χ1n) is 6.01. The highest BCUT2D eigenvalue weighted by molar-refractivity contribution is 5.08. The van der Waals surface area contributed by atoms with Crippen LogP contribution < -0.4 is 5.32 Å². The van der Waals surface area contributed by atoms with Crippen molar-refractivity contribution >= 4 is 0 Å². The van der Waals surface area contributed by atoms with Gasteiger partial charge >= 0.3 is 0 Å². The molecule has 16 heavy (non-hydrogen) atoms. The fourth-order valence-corrected chi connectivity index (χ4v) is 1.55. The molecule has 3 nitrogen and oxygen atoms in total. The van der Waals surface area contributed by atoms with Gasteiger partial charge in [-0.05, 0) is 30.9 Å². The first-order chi connectivity index (χ1) is 7.30. The molecule has 1 unspecified atom stereocenters. The molecular formula is C13H25N3. The minimum Gasteiger partial charge on any atom is -0.311 e. The molecule has 0 bridgehead atoms. The van der Waals surface area contributed by atoms with E-state index in [0.29, 0.717) is 11.3 Å². The Morgan fingerprint density at radius 2 is 2.06 bits per heavy atom. The number of nitrogens with zero attached hydrogens (tertiary/aromatic N) is 2. The molecule has 0 saturated heterocycles. The molecule has 0 spiro atoms. The molecule has 0 radical (unpaired) electrons. The Hall–Kier alpha value is -0.830. The van der Waals surface area contributed by atoms with Crippen molar-refractivity contribution in [1.82, 2.24) is 15.1 Å². The quantitative estimate of drug-likeness (QED) is 0.850. The monoisotopic (exact) mass is 223 g/mol. The zero-order chi connectivity index (χ0) is 12.3. The fourth-order valence-electron chi connectivity index (χ4n) is 1.55. The summed E-state index contributed by atoms with van der Waals surface area (Å²) in [6.45, 7) is 13.1. The number of hydrogen-bond donors (Lipinski definition) is 1. The Kier molecular flexibility index (Phi) is 4.14. The maximum atomic E-state index is 4.33. The van der Waals surface area contributed by atoms with Crippen molar-refractivity contribution in [2.75, 3.05) is 6.54 Å². The van der Waals surface area contributed by atoms with Crippen LogP contribution in [0.25, 0.3) is 0 Å². The number of hydrogen-bond acceptors (Lipinski definition) is 2. The number of aromatic nitrogens is 2. The zero-order valence-electron chi connectivity index (χ0n) is 11.5. The van der Waals surface area contributed by atoms with Crippen molar-refractivity contribution in [3.05, 3.63) is 17.5 Å². The number of aryl methyl sites for hydroxylation is 2. The molecular weight excluding hydrogens is 198 g/mol. The normalized spacial score (nSPS) is 14.1. The minimum atomic E-state index is 0.370. The van der Waals surface area contributed by atoms with Gasteiger partial charge < -0.3 is 5.32 Å². The average molecular weight is 223 g/mol. The van der Waals surface area contributed by atoms with Gasteiger partial charge in [-0.2, -0.15) is 5.10 Å². The highest BCUT2D eigenvalue weighted by Crippen LogP contribution is 2.24. The molecule has 3 heteroatoms. The summed E-state index contributed by atoms with van der Waals surface area (Å²) in [4.78, 5) is 0. The van der Waals surface area contributed by atoms with Crippen LogP contribution in [0.15, 0.2) is 6.07 Å². The van der Waals surface area contributed by atoms with Crippen molar-refractivity contribution in [1.29, 1.82) is 0 Å². The van der Waals surface area contributed by atoms with Gasteiger partial charge in [-0.1, -0.05) is 27.7 Å². The molecule has 1 rings (SSSR count). The van der Waals surface area contributed by atoms with E-state index in [9.17, 15) is 0 Å². The maximum Gasteiger partial charge on any atom is 0.0597 e. The lowest BCUT2D eigenvalue weighted by atomic mass is 9.82. The summed E-state index contributed by atoms with van der Waals surface area (Å²) < 4.78 is 1.95. The molecule has 0 aliphatic heterocycles. The molecule has 0 aliphatic carbocycles. The predicted octanol–water partition coefficient (Wildman–Crippen LogP) is 2.50. The van der Waals surface area contributed by atoms with Gasteiger partial charge in [0.15, 0.2) is 0 Å². The Labute approximate surface area is 99.2 Å². The van der Waals surface area contributed by atoms with Gasteiger partial charge in [-0.3, -0.25) is 4.68 Å². The summed E-state index contributed by atoms with van der Waals surface area (Å²) in [6, 6.07) is 2.13. The van der Waals surface area contributed by atoms with Gasteiger partial charge in [0.05, 0.1) is 11.4 Å². The summed E-state index contributed by atoms with van der Waals surface area (Å²) in [5, 5.41) is 7.84. The van der Waals surface area contributed by atoms with E-state index in [2.05, 4.69) is 44.2 Å². The first-order valence-corrected chi connectivity index (χ1v) is 6.01. The Bertz CT molecular complexity index is 333. The number of rotatable bonds is 4. The summed E-state index contributed by atoms with van der Waals surface area (Å²) in [5.41, 5.74) is 2.71. The molecule has 0 aliphatic rings. The Morgan fingerprint density at radius 3 is 2.50 bits per heavy atom. The van der Waals surface area contributed by atoms with Crippen LogP contribution in [0, 0.1) is 18.3 Å². The molecule has 1 atom stereocenters. The molecule has 92 valence electrons. The lowest BCUT2D eigenvalue weighted by Crippen LogP contribution is -2.29. The van der Waals surface area contributed by atoms with Crippen molar-refractivity contribution in [3.8, 4) is 0 Å². The van der Waals surface area contributed by atoms with E-state index in [1.165, 1.54) is 5.69 Å². The predicted molar refractivity (Wildman–Crippen MR) is 68.3 cm³/mol. The van der Waals surface area contributed by atoms with Gasteiger partial charge in [-0.15, -0.1) is 0 Å².